The molecule has 2 nitrogen and oxygen atoms in total. The predicted molar refractivity (Wildman–Crippen MR) is 93.3 cm³/mol. The molecule has 0 bridgehead atoms. The first-order valence-electron chi connectivity index (χ1n) is 8.40. The van der Waals surface area contributed by atoms with Crippen LogP contribution in [0.15, 0.2) is 18.2 Å². The van der Waals surface area contributed by atoms with Gasteiger partial charge in [0.05, 0.1) is 0 Å². The summed E-state index contributed by atoms with van der Waals surface area (Å²) in [5.74, 6) is 0. The van der Waals surface area contributed by atoms with E-state index in [0.717, 1.165) is 18.1 Å². The second-order valence-corrected chi connectivity index (χ2v) is 6.82. The van der Waals surface area contributed by atoms with Crippen molar-refractivity contribution in [1.82, 2.24) is 5.32 Å². The van der Waals surface area contributed by atoms with Gasteiger partial charge in [-0.15, -0.1) is 0 Å². The van der Waals surface area contributed by atoms with E-state index in [0.29, 0.717) is 12.1 Å². The van der Waals surface area contributed by atoms with Crippen LogP contribution < -0.4 is 10.2 Å². The number of halogens is 1. The molecular formula is C18H29ClN2. The largest absolute Gasteiger partial charge is 0.369 e. The zero-order chi connectivity index (χ0) is 15.2. The van der Waals surface area contributed by atoms with Crippen LogP contribution in [0.25, 0.3) is 0 Å². The number of anilines is 1. The average Bonchev–Trinajstić information content (AvgIpc) is 2.48. The van der Waals surface area contributed by atoms with Crippen LogP contribution in [0.3, 0.4) is 0 Å². The van der Waals surface area contributed by atoms with Gasteiger partial charge < -0.3 is 10.2 Å². The minimum atomic E-state index is 0.498. The van der Waals surface area contributed by atoms with Crippen molar-refractivity contribution < 1.29 is 0 Å². The molecular weight excluding hydrogens is 280 g/mol. The van der Waals surface area contributed by atoms with Crippen molar-refractivity contribution in [3.8, 4) is 0 Å². The molecule has 21 heavy (non-hydrogen) atoms. The van der Waals surface area contributed by atoms with E-state index in [2.05, 4.69) is 43.1 Å². The van der Waals surface area contributed by atoms with Gasteiger partial charge in [-0.1, -0.05) is 50.8 Å². The third-order valence-corrected chi connectivity index (χ3v) is 4.65. The summed E-state index contributed by atoms with van der Waals surface area (Å²) in [7, 11) is 0. The van der Waals surface area contributed by atoms with Crippen LogP contribution in [0, 0.1) is 0 Å². The molecule has 1 aromatic rings. The summed E-state index contributed by atoms with van der Waals surface area (Å²) in [4.78, 5) is 2.57. The molecule has 0 aromatic heterocycles. The topological polar surface area (TPSA) is 15.3 Å². The van der Waals surface area contributed by atoms with Gasteiger partial charge in [-0.05, 0) is 37.5 Å². The summed E-state index contributed by atoms with van der Waals surface area (Å²) in [5, 5.41) is 4.37. The standard InChI is InChI=1S/C18H29ClN2/c1-4-21(17-8-6-5-7-9-17)18-12-16(19)11-10-15(18)13-20-14(2)3/h10-12,14,17,20H,4-9,13H2,1-3H3. The summed E-state index contributed by atoms with van der Waals surface area (Å²) >= 11 is 6.27. The number of hydrogen-bond acceptors (Lipinski definition) is 2. The number of nitrogens with one attached hydrogen (secondary N) is 1. The van der Waals surface area contributed by atoms with E-state index in [1.165, 1.54) is 43.4 Å². The van der Waals surface area contributed by atoms with Crippen molar-refractivity contribution in [2.24, 2.45) is 0 Å². The van der Waals surface area contributed by atoms with Gasteiger partial charge in [0.25, 0.3) is 0 Å². The number of hydrogen-bond donors (Lipinski definition) is 1. The Morgan fingerprint density at radius 1 is 1.24 bits per heavy atom. The Hall–Kier alpha value is -0.730. The van der Waals surface area contributed by atoms with E-state index in [1.807, 2.05) is 6.07 Å². The first-order valence-corrected chi connectivity index (χ1v) is 8.78. The number of rotatable bonds is 6. The molecule has 1 saturated carbocycles. The quantitative estimate of drug-likeness (QED) is 0.796. The highest BCUT2D eigenvalue weighted by molar-refractivity contribution is 6.30. The molecule has 1 N–H and O–H groups in total. The maximum atomic E-state index is 6.27. The molecule has 0 unspecified atom stereocenters. The van der Waals surface area contributed by atoms with Gasteiger partial charge >= 0.3 is 0 Å². The van der Waals surface area contributed by atoms with Crippen LogP contribution in [0.4, 0.5) is 5.69 Å². The number of nitrogens with zero attached hydrogens (tertiary/aromatic N) is 1. The van der Waals surface area contributed by atoms with Gasteiger partial charge in [-0.2, -0.15) is 0 Å². The Balaban J connectivity index is 2.22. The summed E-state index contributed by atoms with van der Waals surface area (Å²) in [5.41, 5.74) is 2.69. The summed E-state index contributed by atoms with van der Waals surface area (Å²) in [6, 6.07) is 7.52. The second kappa shape index (κ2) is 8.05. The number of benzene rings is 1. The van der Waals surface area contributed by atoms with Gasteiger partial charge in [0.2, 0.25) is 0 Å². The van der Waals surface area contributed by atoms with Gasteiger partial charge in [0, 0.05) is 35.9 Å². The van der Waals surface area contributed by atoms with Crippen LogP contribution in [-0.4, -0.2) is 18.6 Å². The SMILES string of the molecule is CCN(c1cc(Cl)ccc1CNC(C)C)C1CCCCC1. The van der Waals surface area contributed by atoms with E-state index >= 15 is 0 Å². The zero-order valence-electron chi connectivity index (χ0n) is 13.7. The molecule has 0 aliphatic heterocycles. The summed E-state index contributed by atoms with van der Waals surface area (Å²) in [6.07, 6.45) is 6.75. The van der Waals surface area contributed by atoms with E-state index in [1.54, 1.807) is 0 Å². The van der Waals surface area contributed by atoms with Crippen molar-refractivity contribution in [1.29, 1.82) is 0 Å². The lowest BCUT2D eigenvalue weighted by molar-refractivity contribution is 0.417. The minimum Gasteiger partial charge on any atom is -0.369 e. The van der Waals surface area contributed by atoms with Gasteiger partial charge in [-0.25, -0.2) is 0 Å². The third-order valence-electron chi connectivity index (χ3n) is 4.41. The second-order valence-electron chi connectivity index (χ2n) is 6.39. The molecule has 0 radical (unpaired) electrons. The van der Waals surface area contributed by atoms with Crippen LogP contribution in [0.1, 0.15) is 58.4 Å². The van der Waals surface area contributed by atoms with Crippen molar-refractivity contribution >= 4 is 17.3 Å². The van der Waals surface area contributed by atoms with Crippen LogP contribution >= 0.6 is 11.6 Å². The summed E-state index contributed by atoms with van der Waals surface area (Å²) in [6.45, 7) is 8.60. The van der Waals surface area contributed by atoms with Crippen molar-refractivity contribution in [2.45, 2.75) is 71.5 Å². The lowest BCUT2D eigenvalue weighted by Crippen LogP contribution is -2.37. The van der Waals surface area contributed by atoms with Crippen molar-refractivity contribution in [2.75, 3.05) is 11.4 Å². The molecule has 1 aliphatic rings. The van der Waals surface area contributed by atoms with E-state index < -0.39 is 0 Å². The first-order chi connectivity index (χ1) is 10.1. The van der Waals surface area contributed by atoms with Crippen LogP contribution in [-0.2, 0) is 6.54 Å². The van der Waals surface area contributed by atoms with Gasteiger partial charge in [0.1, 0.15) is 0 Å². The van der Waals surface area contributed by atoms with E-state index in [4.69, 9.17) is 11.6 Å². The molecule has 3 heteroatoms. The molecule has 0 saturated heterocycles. The molecule has 0 atom stereocenters. The fraction of sp³-hybridized carbons (Fsp3) is 0.667. The Morgan fingerprint density at radius 3 is 2.57 bits per heavy atom. The monoisotopic (exact) mass is 308 g/mol. The van der Waals surface area contributed by atoms with Gasteiger partial charge in [-0.3, -0.25) is 0 Å². The van der Waals surface area contributed by atoms with Crippen LogP contribution in [0.2, 0.25) is 5.02 Å². The normalized spacial score (nSPS) is 16.4. The van der Waals surface area contributed by atoms with Crippen molar-refractivity contribution in [3.63, 3.8) is 0 Å². The minimum absolute atomic E-state index is 0.498. The highest BCUT2D eigenvalue weighted by atomic mass is 35.5. The smallest absolute Gasteiger partial charge is 0.0429 e. The maximum absolute atomic E-state index is 6.27. The Morgan fingerprint density at radius 2 is 1.95 bits per heavy atom. The van der Waals surface area contributed by atoms with E-state index in [9.17, 15) is 0 Å². The zero-order valence-corrected chi connectivity index (χ0v) is 14.4. The fourth-order valence-electron chi connectivity index (χ4n) is 3.29. The third kappa shape index (κ3) is 4.62. The molecule has 0 amide bonds. The predicted octanol–water partition coefficient (Wildman–Crippen LogP) is 5.00. The molecule has 1 aromatic carbocycles. The molecule has 1 fully saturated rings. The average molecular weight is 309 g/mol. The lowest BCUT2D eigenvalue weighted by atomic mass is 9.93. The Kier molecular flexibility index (Phi) is 6.38. The fourth-order valence-corrected chi connectivity index (χ4v) is 3.45. The van der Waals surface area contributed by atoms with E-state index in [-0.39, 0.29) is 0 Å². The maximum Gasteiger partial charge on any atom is 0.0429 e. The van der Waals surface area contributed by atoms with Gasteiger partial charge in [0.15, 0.2) is 0 Å². The summed E-state index contributed by atoms with van der Waals surface area (Å²) < 4.78 is 0. The Bertz CT molecular complexity index is 439. The lowest BCUT2D eigenvalue weighted by Gasteiger charge is -2.37. The Labute approximate surface area is 134 Å². The van der Waals surface area contributed by atoms with Crippen LogP contribution in [0.5, 0.6) is 0 Å². The molecule has 0 heterocycles. The first kappa shape index (κ1) is 16.6. The highest BCUT2D eigenvalue weighted by Crippen LogP contribution is 2.31. The molecule has 0 spiro atoms. The molecule has 1 aliphatic carbocycles. The highest BCUT2D eigenvalue weighted by Gasteiger charge is 2.22. The van der Waals surface area contributed by atoms with Crippen molar-refractivity contribution in [3.05, 3.63) is 28.8 Å². The molecule has 118 valence electrons. The molecule has 2 rings (SSSR count).